The minimum Gasteiger partial charge on any atom is -0.266 e. The van der Waals surface area contributed by atoms with E-state index in [4.69, 9.17) is 0 Å². The summed E-state index contributed by atoms with van der Waals surface area (Å²) in [7, 11) is -3.57. The molecule has 4 rings (SSSR count). The molecule has 3 aromatic rings. The van der Waals surface area contributed by atoms with Crippen LogP contribution in [0.3, 0.4) is 0 Å². The van der Waals surface area contributed by atoms with Crippen LogP contribution in [0.15, 0.2) is 65.8 Å². The van der Waals surface area contributed by atoms with Gasteiger partial charge in [-0.15, -0.1) is 0 Å². The van der Waals surface area contributed by atoms with Gasteiger partial charge in [-0.1, -0.05) is 30.3 Å². The molecule has 0 aliphatic carbocycles. The second-order valence-corrected chi connectivity index (χ2v) is 7.14. The van der Waals surface area contributed by atoms with Crippen LogP contribution in [-0.2, 0) is 16.4 Å². The zero-order chi connectivity index (χ0) is 15.2. The first kappa shape index (κ1) is 13.3. The van der Waals surface area contributed by atoms with Gasteiger partial charge in [0.2, 0.25) is 0 Å². The summed E-state index contributed by atoms with van der Waals surface area (Å²) in [6.45, 7) is 0.489. The number of benzene rings is 2. The molecule has 4 nitrogen and oxygen atoms in total. The van der Waals surface area contributed by atoms with Crippen molar-refractivity contribution in [1.82, 2.24) is 4.98 Å². The largest absolute Gasteiger partial charge is 0.266 e. The number of nitrogens with zero attached hydrogens (tertiary/aromatic N) is 2. The second kappa shape index (κ2) is 4.81. The van der Waals surface area contributed by atoms with E-state index in [2.05, 4.69) is 4.98 Å². The minimum absolute atomic E-state index is 0.337. The monoisotopic (exact) mass is 310 g/mol. The smallest absolute Gasteiger partial charge is 0.264 e. The van der Waals surface area contributed by atoms with Gasteiger partial charge < -0.3 is 0 Å². The number of para-hydroxylation sites is 1. The van der Waals surface area contributed by atoms with Gasteiger partial charge in [-0.05, 0) is 30.2 Å². The maximum atomic E-state index is 13.1. The summed E-state index contributed by atoms with van der Waals surface area (Å²) in [5.41, 5.74) is 1.86. The summed E-state index contributed by atoms with van der Waals surface area (Å²) < 4.78 is 27.7. The van der Waals surface area contributed by atoms with E-state index in [0.717, 1.165) is 23.1 Å². The lowest BCUT2D eigenvalue weighted by molar-refractivity contribution is 0.593. The van der Waals surface area contributed by atoms with Crippen LogP contribution in [0.4, 0.5) is 5.69 Å². The molecular formula is C17H14N2O2S. The van der Waals surface area contributed by atoms with Crippen LogP contribution in [-0.4, -0.2) is 19.9 Å². The third-order valence-electron chi connectivity index (χ3n) is 4.05. The Balaban J connectivity index is 1.92. The first-order chi connectivity index (χ1) is 10.7. The molecule has 2 heterocycles. The van der Waals surface area contributed by atoms with Gasteiger partial charge >= 0.3 is 0 Å². The highest BCUT2D eigenvalue weighted by molar-refractivity contribution is 7.93. The minimum atomic E-state index is -3.57. The lowest BCUT2D eigenvalue weighted by atomic mass is 10.2. The predicted octanol–water partition coefficient (Wildman–Crippen LogP) is 2.99. The van der Waals surface area contributed by atoms with Crippen LogP contribution in [0.25, 0.3) is 10.8 Å². The molecule has 1 aliphatic heterocycles. The molecule has 0 bridgehead atoms. The highest BCUT2D eigenvalue weighted by Crippen LogP contribution is 2.34. The maximum Gasteiger partial charge on any atom is 0.264 e. The molecule has 0 amide bonds. The van der Waals surface area contributed by atoms with E-state index in [1.165, 1.54) is 4.31 Å². The van der Waals surface area contributed by atoms with E-state index in [1.54, 1.807) is 30.6 Å². The zero-order valence-corrected chi connectivity index (χ0v) is 12.6. The number of hydrogen-bond donors (Lipinski definition) is 0. The third-order valence-corrected chi connectivity index (χ3v) is 5.92. The SMILES string of the molecule is O=S(=O)(c1cccc2cnccc12)N1CCc2ccccc21. The van der Waals surface area contributed by atoms with Gasteiger partial charge in [0.15, 0.2) is 0 Å². The van der Waals surface area contributed by atoms with Crippen LogP contribution >= 0.6 is 0 Å². The number of sulfonamides is 1. The van der Waals surface area contributed by atoms with Crippen molar-refractivity contribution in [2.45, 2.75) is 11.3 Å². The van der Waals surface area contributed by atoms with E-state index < -0.39 is 10.0 Å². The van der Waals surface area contributed by atoms with Crippen LogP contribution in [0.2, 0.25) is 0 Å². The van der Waals surface area contributed by atoms with Gasteiger partial charge in [-0.3, -0.25) is 9.29 Å². The molecule has 0 saturated carbocycles. The summed E-state index contributed by atoms with van der Waals surface area (Å²) >= 11 is 0. The fourth-order valence-corrected chi connectivity index (χ4v) is 4.71. The number of hydrogen-bond acceptors (Lipinski definition) is 3. The first-order valence-electron chi connectivity index (χ1n) is 7.11. The zero-order valence-electron chi connectivity index (χ0n) is 11.8. The summed E-state index contributed by atoms with van der Waals surface area (Å²) in [4.78, 5) is 4.40. The molecule has 0 fully saturated rings. The molecule has 0 N–H and O–H groups in total. The highest BCUT2D eigenvalue weighted by Gasteiger charge is 2.31. The van der Waals surface area contributed by atoms with Crippen LogP contribution < -0.4 is 4.31 Å². The fourth-order valence-electron chi connectivity index (χ4n) is 2.99. The van der Waals surface area contributed by atoms with E-state index in [-0.39, 0.29) is 0 Å². The molecular weight excluding hydrogens is 296 g/mol. The van der Waals surface area contributed by atoms with E-state index in [0.29, 0.717) is 16.8 Å². The van der Waals surface area contributed by atoms with Crippen molar-refractivity contribution < 1.29 is 8.42 Å². The summed E-state index contributed by atoms with van der Waals surface area (Å²) in [5.74, 6) is 0. The molecule has 0 unspecified atom stereocenters. The van der Waals surface area contributed by atoms with Crippen molar-refractivity contribution in [3.63, 3.8) is 0 Å². The molecule has 110 valence electrons. The number of fused-ring (bicyclic) bond motifs is 2. The van der Waals surface area contributed by atoms with Crippen molar-refractivity contribution in [3.05, 3.63) is 66.5 Å². The topological polar surface area (TPSA) is 50.3 Å². The van der Waals surface area contributed by atoms with E-state index in [9.17, 15) is 8.42 Å². The Morgan fingerprint density at radius 3 is 2.77 bits per heavy atom. The quantitative estimate of drug-likeness (QED) is 0.731. The molecule has 0 spiro atoms. The second-order valence-electron chi connectivity index (χ2n) is 5.31. The first-order valence-corrected chi connectivity index (χ1v) is 8.55. The molecule has 0 radical (unpaired) electrons. The Hall–Kier alpha value is -2.40. The molecule has 1 aromatic heterocycles. The normalized spacial score (nSPS) is 14.3. The maximum absolute atomic E-state index is 13.1. The molecule has 0 saturated heterocycles. The Labute approximate surface area is 129 Å². The van der Waals surface area contributed by atoms with Crippen molar-refractivity contribution in [2.24, 2.45) is 0 Å². The standard InChI is InChI=1S/C17H14N2O2S/c20-22(21,19-11-9-13-4-1-2-6-16(13)19)17-7-3-5-14-12-18-10-8-15(14)17/h1-8,10,12H,9,11H2. The van der Waals surface area contributed by atoms with Crippen LogP contribution in [0.1, 0.15) is 5.56 Å². The lowest BCUT2D eigenvalue weighted by Crippen LogP contribution is -2.29. The van der Waals surface area contributed by atoms with E-state index in [1.807, 2.05) is 30.3 Å². The molecule has 0 atom stereocenters. The van der Waals surface area contributed by atoms with Crippen molar-refractivity contribution in [1.29, 1.82) is 0 Å². The van der Waals surface area contributed by atoms with Gasteiger partial charge in [-0.2, -0.15) is 0 Å². The molecule has 22 heavy (non-hydrogen) atoms. The number of aromatic nitrogens is 1. The summed E-state index contributed by atoms with van der Waals surface area (Å²) in [5, 5.41) is 1.54. The average molecular weight is 310 g/mol. The lowest BCUT2D eigenvalue weighted by Gasteiger charge is -2.20. The fraction of sp³-hybridized carbons (Fsp3) is 0.118. The van der Waals surface area contributed by atoms with Gasteiger partial charge in [-0.25, -0.2) is 8.42 Å². The van der Waals surface area contributed by atoms with Crippen molar-refractivity contribution >= 4 is 26.5 Å². The summed E-state index contributed by atoms with van der Waals surface area (Å²) in [6, 6.07) is 14.7. The molecule has 5 heteroatoms. The van der Waals surface area contributed by atoms with E-state index >= 15 is 0 Å². The molecule has 1 aliphatic rings. The predicted molar refractivity (Wildman–Crippen MR) is 86.4 cm³/mol. The van der Waals surface area contributed by atoms with Crippen LogP contribution in [0, 0.1) is 0 Å². The molecule has 2 aromatic carbocycles. The van der Waals surface area contributed by atoms with Crippen molar-refractivity contribution in [3.8, 4) is 0 Å². The van der Waals surface area contributed by atoms with Crippen molar-refractivity contribution in [2.75, 3.05) is 10.8 Å². The third kappa shape index (κ3) is 1.89. The summed E-state index contributed by atoms with van der Waals surface area (Å²) in [6.07, 6.45) is 4.06. The number of anilines is 1. The van der Waals surface area contributed by atoms with Gasteiger partial charge in [0.25, 0.3) is 10.0 Å². The highest BCUT2D eigenvalue weighted by atomic mass is 32.2. The Bertz CT molecular complexity index is 962. The van der Waals surface area contributed by atoms with Gasteiger partial charge in [0.05, 0.1) is 10.6 Å². The Morgan fingerprint density at radius 1 is 1.00 bits per heavy atom. The van der Waals surface area contributed by atoms with Gasteiger partial charge in [0.1, 0.15) is 0 Å². The Morgan fingerprint density at radius 2 is 1.86 bits per heavy atom. The van der Waals surface area contributed by atoms with Gasteiger partial charge in [0, 0.05) is 29.7 Å². The average Bonchev–Trinajstić information content (AvgIpc) is 2.99. The number of pyridine rings is 1. The van der Waals surface area contributed by atoms with Crippen LogP contribution in [0.5, 0.6) is 0 Å². The Kier molecular flexibility index (Phi) is 2.90. The number of rotatable bonds is 2.